The van der Waals surface area contributed by atoms with Gasteiger partial charge in [-0.3, -0.25) is 0 Å². The molecule has 0 aliphatic heterocycles. The van der Waals surface area contributed by atoms with Crippen LogP contribution in [0.15, 0.2) is 174 Å². The van der Waals surface area contributed by atoms with Crippen LogP contribution in [0.2, 0.25) is 0 Å². The molecule has 9 aromatic carbocycles. The van der Waals surface area contributed by atoms with Gasteiger partial charge in [0, 0.05) is 21.9 Å². The molecule has 0 saturated carbocycles. The van der Waals surface area contributed by atoms with Crippen molar-refractivity contribution >= 4 is 54.1 Å². The van der Waals surface area contributed by atoms with Crippen LogP contribution in [-0.4, -0.2) is 0 Å². The fourth-order valence-corrected chi connectivity index (χ4v) is 7.64. The van der Waals surface area contributed by atoms with Crippen molar-refractivity contribution < 1.29 is 4.42 Å². The molecule has 0 amide bonds. The Morgan fingerprint density at radius 2 is 0.787 bits per heavy atom. The molecule has 47 heavy (non-hydrogen) atoms. The summed E-state index contributed by atoms with van der Waals surface area (Å²) in [5.74, 6) is 0.904. The molecule has 10 aromatic rings. The van der Waals surface area contributed by atoms with Gasteiger partial charge in [0.25, 0.3) is 0 Å². The summed E-state index contributed by atoms with van der Waals surface area (Å²) in [6.07, 6.45) is 0. The van der Waals surface area contributed by atoms with Crippen LogP contribution in [-0.2, 0) is 0 Å². The number of rotatable bonds is 4. The summed E-state index contributed by atoms with van der Waals surface area (Å²) >= 11 is 0. The lowest BCUT2D eigenvalue weighted by Crippen LogP contribution is -1.89. The molecule has 0 atom stereocenters. The molecule has 0 spiro atoms. The van der Waals surface area contributed by atoms with Gasteiger partial charge in [0.1, 0.15) is 11.3 Å². The molecule has 0 N–H and O–H groups in total. The van der Waals surface area contributed by atoms with Crippen molar-refractivity contribution in [2.75, 3.05) is 0 Å². The van der Waals surface area contributed by atoms with Crippen LogP contribution >= 0.6 is 0 Å². The van der Waals surface area contributed by atoms with E-state index in [4.69, 9.17) is 4.42 Å². The second-order valence-electron chi connectivity index (χ2n) is 12.4. The Balaban J connectivity index is 1.15. The lowest BCUT2D eigenvalue weighted by Gasteiger charge is -2.16. The molecule has 0 unspecified atom stereocenters. The molecule has 0 radical (unpaired) electrons. The third-order valence-corrected chi connectivity index (χ3v) is 9.85. The van der Waals surface area contributed by atoms with Gasteiger partial charge in [0.15, 0.2) is 0 Å². The Morgan fingerprint density at radius 1 is 0.298 bits per heavy atom. The van der Waals surface area contributed by atoms with Crippen LogP contribution in [0.4, 0.5) is 0 Å². The van der Waals surface area contributed by atoms with Crippen LogP contribution in [0.1, 0.15) is 0 Å². The highest BCUT2D eigenvalue weighted by molar-refractivity contribution is 6.27. The Hall–Kier alpha value is -6.18. The smallest absolute Gasteiger partial charge is 0.143 e. The molecule has 1 heterocycles. The SMILES string of the molecule is c1ccc(-c2oc3c(ccc4ccccc43)c2-c2ccc(-c3ccc4ccc5c(-c6ccccc6)ccc6ccc3c4c65)cc2)cc1. The van der Waals surface area contributed by atoms with Gasteiger partial charge >= 0.3 is 0 Å². The second-order valence-corrected chi connectivity index (χ2v) is 12.4. The van der Waals surface area contributed by atoms with Crippen molar-refractivity contribution in [3.8, 4) is 44.7 Å². The minimum Gasteiger partial charge on any atom is -0.455 e. The normalized spacial score (nSPS) is 11.8. The van der Waals surface area contributed by atoms with Crippen LogP contribution in [0.5, 0.6) is 0 Å². The Bertz CT molecular complexity index is 2750. The molecule has 1 heteroatoms. The quantitative estimate of drug-likeness (QED) is 0.184. The van der Waals surface area contributed by atoms with Crippen molar-refractivity contribution in [3.63, 3.8) is 0 Å². The van der Waals surface area contributed by atoms with E-state index in [1.807, 2.05) is 0 Å². The molecule has 10 rings (SSSR count). The first kappa shape index (κ1) is 26.1. The molecule has 0 saturated heterocycles. The third kappa shape index (κ3) is 3.97. The lowest BCUT2D eigenvalue weighted by atomic mass is 9.87. The van der Waals surface area contributed by atoms with Crippen molar-refractivity contribution in [2.45, 2.75) is 0 Å². The van der Waals surface area contributed by atoms with Gasteiger partial charge in [-0.1, -0.05) is 164 Å². The maximum absolute atomic E-state index is 6.73. The monoisotopic (exact) mass is 596 g/mol. The van der Waals surface area contributed by atoms with Crippen LogP contribution in [0.25, 0.3) is 98.8 Å². The highest BCUT2D eigenvalue weighted by Gasteiger charge is 2.20. The molecular formula is C46H28O. The molecule has 0 fully saturated rings. The van der Waals surface area contributed by atoms with E-state index < -0.39 is 0 Å². The lowest BCUT2D eigenvalue weighted by molar-refractivity contribution is 0.636. The summed E-state index contributed by atoms with van der Waals surface area (Å²) in [6, 6.07) is 61.4. The first-order chi connectivity index (χ1) is 23.3. The van der Waals surface area contributed by atoms with Gasteiger partial charge in [-0.05, 0) is 71.6 Å². The van der Waals surface area contributed by atoms with E-state index in [9.17, 15) is 0 Å². The zero-order valence-electron chi connectivity index (χ0n) is 25.6. The number of hydrogen-bond acceptors (Lipinski definition) is 1. The van der Waals surface area contributed by atoms with Gasteiger partial charge in [-0.2, -0.15) is 0 Å². The highest BCUT2D eigenvalue weighted by atomic mass is 16.3. The molecule has 218 valence electrons. The molecule has 1 aromatic heterocycles. The second kappa shape index (κ2) is 10.2. The topological polar surface area (TPSA) is 13.1 Å². The summed E-state index contributed by atoms with van der Waals surface area (Å²) in [4.78, 5) is 0. The fraction of sp³-hybridized carbons (Fsp3) is 0. The molecule has 0 bridgehead atoms. The fourth-order valence-electron chi connectivity index (χ4n) is 7.64. The Kier molecular flexibility index (Phi) is 5.64. The predicted octanol–water partition coefficient (Wildman–Crippen LogP) is 13.2. The summed E-state index contributed by atoms with van der Waals surface area (Å²) < 4.78 is 6.73. The molecular weight excluding hydrogens is 569 g/mol. The van der Waals surface area contributed by atoms with Gasteiger partial charge in [0.05, 0.1) is 0 Å². The van der Waals surface area contributed by atoms with E-state index in [0.717, 1.165) is 38.8 Å². The maximum atomic E-state index is 6.73. The van der Waals surface area contributed by atoms with Gasteiger partial charge < -0.3 is 4.42 Å². The van der Waals surface area contributed by atoms with Crippen LogP contribution < -0.4 is 0 Å². The van der Waals surface area contributed by atoms with Crippen molar-refractivity contribution in [2.24, 2.45) is 0 Å². The van der Waals surface area contributed by atoms with E-state index in [1.54, 1.807) is 0 Å². The zero-order valence-corrected chi connectivity index (χ0v) is 25.6. The van der Waals surface area contributed by atoms with E-state index in [2.05, 4.69) is 170 Å². The summed E-state index contributed by atoms with van der Waals surface area (Å²) in [7, 11) is 0. The van der Waals surface area contributed by atoms with Gasteiger partial charge in [-0.25, -0.2) is 0 Å². The molecule has 1 nitrogen and oxygen atoms in total. The summed E-state index contributed by atoms with van der Waals surface area (Å²) in [5, 5.41) is 11.2. The van der Waals surface area contributed by atoms with E-state index in [0.29, 0.717) is 0 Å². The standard InChI is InChI=1S/C46H28O/c1-3-9-29(10-4-1)36-24-20-32-23-27-40-37(25-21-33-22-26-39(36)42(32)43(33)40)31-15-17-34(18-16-31)44-41-28-19-30-11-7-8-14-38(30)46(41)47-45(44)35-12-5-2-6-13-35/h1-28H. The van der Waals surface area contributed by atoms with E-state index in [1.165, 1.54) is 60.0 Å². The predicted molar refractivity (Wildman–Crippen MR) is 199 cm³/mol. The minimum absolute atomic E-state index is 0.904. The van der Waals surface area contributed by atoms with Crippen molar-refractivity contribution in [1.82, 2.24) is 0 Å². The highest BCUT2D eigenvalue weighted by Crippen LogP contribution is 2.45. The van der Waals surface area contributed by atoms with Crippen molar-refractivity contribution in [1.29, 1.82) is 0 Å². The summed E-state index contributed by atoms with van der Waals surface area (Å²) in [5.41, 5.74) is 9.26. The number of fused-ring (bicyclic) bond motifs is 3. The molecule has 0 aliphatic rings. The number of benzene rings is 9. The zero-order chi connectivity index (χ0) is 30.9. The average molecular weight is 597 g/mol. The Morgan fingerprint density at radius 3 is 1.45 bits per heavy atom. The number of furan rings is 1. The van der Waals surface area contributed by atoms with E-state index in [-0.39, 0.29) is 0 Å². The Labute approximate surface area is 272 Å². The maximum Gasteiger partial charge on any atom is 0.143 e. The van der Waals surface area contributed by atoms with E-state index >= 15 is 0 Å². The minimum atomic E-state index is 0.904. The summed E-state index contributed by atoms with van der Waals surface area (Å²) in [6.45, 7) is 0. The van der Waals surface area contributed by atoms with Crippen molar-refractivity contribution in [3.05, 3.63) is 170 Å². The van der Waals surface area contributed by atoms with Gasteiger partial charge in [0.2, 0.25) is 0 Å². The van der Waals surface area contributed by atoms with Gasteiger partial charge in [-0.15, -0.1) is 0 Å². The van der Waals surface area contributed by atoms with Crippen LogP contribution in [0, 0.1) is 0 Å². The average Bonchev–Trinajstić information content (AvgIpc) is 3.55. The largest absolute Gasteiger partial charge is 0.455 e. The first-order valence-corrected chi connectivity index (χ1v) is 16.2. The van der Waals surface area contributed by atoms with Crippen LogP contribution in [0.3, 0.4) is 0 Å². The molecule has 0 aliphatic carbocycles. The third-order valence-electron chi connectivity index (χ3n) is 9.85. The first-order valence-electron chi connectivity index (χ1n) is 16.2. The number of hydrogen-bond donors (Lipinski definition) is 0.